The standard InChI is InChI=1S/C17H21N3O/c1-4-18-16-15(9-6-10-19-16)17(21)20-14-8-5-7-13(11-14)12(2)3/h5-12H,4H2,1-3H3,(H,18,19)(H,20,21). The fourth-order valence-corrected chi connectivity index (χ4v) is 2.07. The zero-order valence-corrected chi connectivity index (χ0v) is 12.7. The lowest BCUT2D eigenvalue weighted by atomic mass is 10.0. The maximum absolute atomic E-state index is 12.4. The Morgan fingerprint density at radius 3 is 2.76 bits per heavy atom. The molecule has 4 heteroatoms. The van der Waals surface area contributed by atoms with Gasteiger partial charge in [-0.25, -0.2) is 4.98 Å². The predicted molar refractivity (Wildman–Crippen MR) is 86.9 cm³/mol. The number of carbonyl (C=O) groups excluding carboxylic acids is 1. The summed E-state index contributed by atoms with van der Waals surface area (Å²) >= 11 is 0. The summed E-state index contributed by atoms with van der Waals surface area (Å²) in [5.41, 5.74) is 2.55. The monoisotopic (exact) mass is 283 g/mol. The van der Waals surface area contributed by atoms with Crippen LogP contribution in [0.5, 0.6) is 0 Å². The molecule has 0 saturated carbocycles. The Labute approximate surface area is 125 Å². The average Bonchev–Trinajstić information content (AvgIpc) is 2.48. The van der Waals surface area contributed by atoms with E-state index in [1.54, 1.807) is 18.3 Å². The van der Waals surface area contributed by atoms with Gasteiger partial charge in [-0.2, -0.15) is 0 Å². The number of hydrogen-bond donors (Lipinski definition) is 2. The molecule has 1 aromatic carbocycles. The van der Waals surface area contributed by atoms with E-state index in [1.807, 2.05) is 25.1 Å². The van der Waals surface area contributed by atoms with Crippen LogP contribution >= 0.6 is 0 Å². The Kier molecular flexibility index (Phi) is 4.93. The van der Waals surface area contributed by atoms with Crippen LogP contribution in [0.25, 0.3) is 0 Å². The third-order valence-corrected chi connectivity index (χ3v) is 3.21. The number of nitrogens with zero attached hydrogens (tertiary/aromatic N) is 1. The van der Waals surface area contributed by atoms with Crippen LogP contribution in [-0.2, 0) is 0 Å². The van der Waals surface area contributed by atoms with Crippen molar-refractivity contribution in [1.29, 1.82) is 0 Å². The molecular formula is C17H21N3O. The molecule has 2 aromatic rings. The highest BCUT2D eigenvalue weighted by Crippen LogP contribution is 2.20. The van der Waals surface area contributed by atoms with E-state index in [9.17, 15) is 4.79 Å². The van der Waals surface area contributed by atoms with Gasteiger partial charge in [0.05, 0.1) is 5.56 Å². The highest BCUT2D eigenvalue weighted by atomic mass is 16.1. The molecule has 0 aliphatic heterocycles. The molecule has 0 aliphatic rings. The van der Waals surface area contributed by atoms with Gasteiger partial charge >= 0.3 is 0 Å². The van der Waals surface area contributed by atoms with Crippen LogP contribution in [0, 0.1) is 0 Å². The molecule has 0 aliphatic carbocycles. The van der Waals surface area contributed by atoms with Gasteiger partial charge in [0.25, 0.3) is 5.91 Å². The fourth-order valence-electron chi connectivity index (χ4n) is 2.07. The zero-order chi connectivity index (χ0) is 15.2. The van der Waals surface area contributed by atoms with E-state index in [1.165, 1.54) is 5.56 Å². The Morgan fingerprint density at radius 2 is 2.05 bits per heavy atom. The largest absolute Gasteiger partial charge is 0.370 e. The minimum Gasteiger partial charge on any atom is -0.370 e. The molecular weight excluding hydrogens is 262 g/mol. The number of nitrogens with one attached hydrogen (secondary N) is 2. The van der Waals surface area contributed by atoms with Gasteiger partial charge in [0, 0.05) is 18.4 Å². The zero-order valence-electron chi connectivity index (χ0n) is 12.7. The first-order valence-electron chi connectivity index (χ1n) is 7.22. The van der Waals surface area contributed by atoms with E-state index >= 15 is 0 Å². The van der Waals surface area contributed by atoms with Gasteiger partial charge in [-0.3, -0.25) is 4.79 Å². The minimum atomic E-state index is -0.153. The van der Waals surface area contributed by atoms with Crippen LogP contribution in [0.1, 0.15) is 42.6 Å². The fraction of sp³-hybridized carbons (Fsp3) is 0.294. The summed E-state index contributed by atoms with van der Waals surface area (Å²) in [5, 5.41) is 6.03. The molecule has 0 bridgehead atoms. The average molecular weight is 283 g/mol. The van der Waals surface area contributed by atoms with Gasteiger partial charge in [0.15, 0.2) is 0 Å². The van der Waals surface area contributed by atoms with E-state index in [4.69, 9.17) is 0 Å². The van der Waals surface area contributed by atoms with Crippen molar-refractivity contribution in [1.82, 2.24) is 4.98 Å². The van der Waals surface area contributed by atoms with Crippen LogP contribution in [0.4, 0.5) is 11.5 Å². The molecule has 21 heavy (non-hydrogen) atoms. The number of amides is 1. The number of rotatable bonds is 5. The summed E-state index contributed by atoms with van der Waals surface area (Å²) < 4.78 is 0. The second kappa shape index (κ2) is 6.88. The van der Waals surface area contributed by atoms with E-state index in [0.717, 1.165) is 12.2 Å². The maximum Gasteiger partial charge on any atom is 0.259 e. The lowest BCUT2D eigenvalue weighted by molar-refractivity contribution is 0.102. The van der Waals surface area contributed by atoms with Crippen LogP contribution < -0.4 is 10.6 Å². The number of carbonyl (C=O) groups is 1. The molecule has 0 fully saturated rings. The van der Waals surface area contributed by atoms with Gasteiger partial charge in [-0.15, -0.1) is 0 Å². The second-order valence-electron chi connectivity index (χ2n) is 5.16. The van der Waals surface area contributed by atoms with E-state index in [0.29, 0.717) is 17.3 Å². The lowest BCUT2D eigenvalue weighted by Crippen LogP contribution is -2.15. The van der Waals surface area contributed by atoms with Crippen molar-refractivity contribution in [2.45, 2.75) is 26.7 Å². The predicted octanol–water partition coefficient (Wildman–Crippen LogP) is 3.89. The van der Waals surface area contributed by atoms with Crippen LogP contribution in [-0.4, -0.2) is 17.4 Å². The summed E-state index contributed by atoms with van der Waals surface area (Å²) in [5.74, 6) is 0.884. The van der Waals surface area contributed by atoms with E-state index < -0.39 is 0 Å². The highest BCUT2D eigenvalue weighted by molar-refractivity contribution is 6.07. The molecule has 0 radical (unpaired) electrons. The van der Waals surface area contributed by atoms with Gasteiger partial charge in [-0.1, -0.05) is 26.0 Å². The maximum atomic E-state index is 12.4. The van der Waals surface area contributed by atoms with Crippen molar-refractivity contribution < 1.29 is 4.79 Å². The number of hydrogen-bond acceptors (Lipinski definition) is 3. The molecule has 110 valence electrons. The smallest absolute Gasteiger partial charge is 0.259 e. The number of aromatic nitrogens is 1. The van der Waals surface area contributed by atoms with Crippen LogP contribution in [0.2, 0.25) is 0 Å². The first-order chi connectivity index (χ1) is 10.1. The Bertz CT molecular complexity index is 623. The molecule has 1 aromatic heterocycles. The van der Waals surface area contributed by atoms with Crippen molar-refractivity contribution in [2.75, 3.05) is 17.2 Å². The highest BCUT2D eigenvalue weighted by Gasteiger charge is 2.12. The lowest BCUT2D eigenvalue weighted by Gasteiger charge is -2.11. The SMILES string of the molecule is CCNc1ncccc1C(=O)Nc1cccc(C(C)C)c1. The molecule has 1 amide bonds. The van der Waals surface area contributed by atoms with E-state index in [2.05, 4.69) is 35.5 Å². The van der Waals surface area contributed by atoms with Crippen molar-refractivity contribution in [3.63, 3.8) is 0 Å². The Morgan fingerprint density at radius 1 is 1.24 bits per heavy atom. The quantitative estimate of drug-likeness (QED) is 0.875. The topological polar surface area (TPSA) is 54.0 Å². The van der Waals surface area contributed by atoms with Crippen molar-refractivity contribution in [3.8, 4) is 0 Å². The summed E-state index contributed by atoms with van der Waals surface area (Å²) in [4.78, 5) is 16.6. The van der Waals surface area contributed by atoms with Gasteiger partial charge in [-0.05, 0) is 42.7 Å². The van der Waals surface area contributed by atoms with Gasteiger partial charge < -0.3 is 10.6 Å². The molecule has 2 rings (SSSR count). The summed E-state index contributed by atoms with van der Waals surface area (Å²) in [7, 11) is 0. The first kappa shape index (κ1) is 15.0. The van der Waals surface area contributed by atoms with Crippen molar-refractivity contribution >= 4 is 17.4 Å². The third kappa shape index (κ3) is 3.81. The first-order valence-corrected chi connectivity index (χ1v) is 7.22. The van der Waals surface area contributed by atoms with Gasteiger partial charge in [0.1, 0.15) is 5.82 Å². The molecule has 0 saturated heterocycles. The Balaban J connectivity index is 2.20. The molecule has 1 heterocycles. The van der Waals surface area contributed by atoms with E-state index in [-0.39, 0.29) is 5.91 Å². The second-order valence-corrected chi connectivity index (χ2v) is 5.16. The molecule has 2 N–H and O–H groups in total. The van der Waals surface area contributed by atoms with Crippen molar-refractivity contribution in [3.05, 3.63) is 53.7 Å². The summed E-state index contributed by atoms with van der Waals surface area (Å²) in [6, 6.07) is 11.5. The van der Waals surface area contributed by atoms with Crippen LogP contribution in [0.3, 0.4) is 0 Å². The number of benzene rings is 1. The van der Waals surface area contributed by atoms with Crippen molar-refractivity contribution in [2.24, 2.45) is 0 Å². The minimum absolute atomic E-state index is 0.153. The summed E-state index contributed by atoms with van der Waals surface area (Å²) in [6.07, 6.45) is 1.67. The number of pyridine rings is 1. The summed E-state index contributed by atoms with van der Waals surface area (Å²) in [6.45, 7) is 6.96. The molecule has 0 unspecified atom stereocenters. The van der Waals surface area contributed by atoms with Gasteiger partial charge in [0.2, 0.25) is 0 Å². The third-order valence-electron chi connectivity index (χ3n) is 3.21. The molecule has 0 atom stereocenters. The Hall–Kier alpha value is -2.36. The van der Waals surface area contributed by atoms with Crippen LogP contribution in [0.15, 0.2) is 42.6 Å². The molecule has 4 nitrogen and oxygen atoms in total. The number of anilines is 2. The molecule has 0 spiro atoms. The normalized spacial score (nSPS) is 10.5.